The smallest absolute Gasteiger partial charge is 0.310 e. The Morgan fingerprint density at radius 1 is 0.677 bits per heavy atom. The topological polar surface area (TPSA) is 295 Å². The van der Waals surface area contributed by atoms with E-state index in [0.29, 0.717) is 19.3 Å². The molecule has 0 radical (unpaired) electrons. The summed E-state index contributed by atoms with van der Waals surface area (Å²) in [6.45, 7) is 11.6. The van der Waals surface area contributed by atoms with Crippen molar-refractivity contribution in [3.05, 3.63) is 11.6 Å². The standard InChI is InChI=1S/C47H76O18/c1-42(2)13-15-47(41(58)59)16-14-45(5)22(23(47)17-42)7-8-28-43(3)11-10-29(44(4,21-50)27(43)9-12-46(28,45)6)63-38-34(56)36(24(51)20-60-38)64-40-35(57)37(31(53)26(19-49)62-40)65-39-33(55)32(54)30(52)25(18-48)61-39/h7,23-40,48-57H,8-21H2,1-6H3,(H,58,59)/t23-,24-,25+,26+,27+,28+,29-,30+,31+,32-,33+,34+,35+,36-,37-,38-,39-,40-,43-,44-,45+,46+,47-/m0/s1. The molecule has 18 nitrogen and oxygen atoms in total. The van der Waals surface area contributed by atoms with Crippen molar-refractivity contribution in [1.82, 2.24) is 0 Å². The van der Waals surface area contributed by atoms with E-state index in [9.17, 15) is 61.0 Å². The molecular formula is C47H76O18. The van der Waals surface area contributed by atoms with Gasteiger partial charge in [-0.15, -0.1) is 0 Å². The number of carboxylic acid groups (broad SMARTS) is 1. The highest BCUT2D eigenvalue weighted by molar-refractivity contribution is 5.76. The molecule has 0 unspecified atom stereocenters. The molecule has 65 heavy (non-hydrogen) atoms. The molecule has 11 N–H and O–H groups in total. The molecule has 3 saturated heterocycles. The molecule has 0 spiro atoms. The number of aliphatic hydroxyl groups is 10. The van der Waals surface area contributed by atoms with E-state index < -0.39 is 122 Å². The summed E-state index contributed by atoms with van der Waals surface area (Å²) in [5, 5.41) is 118. The average Bonchev–Trinajstić information content (AvgIpc) is 3.26. The quantitative estimate of drug-likeness (QED) is 0.104. The fourth-order valence-corrected chi connectivity index (χ4v) is 14.9. The number of hydrogen-bond donors (Lipinski definition) is 11. The Hall–Kier alpha value is -1.43. The lowest BCUT2D eigenvalue weighted by atomic mass is 9.33. The Kier molecular flexibility index (Phi) is 13.7. The van der Waals surface area contributed by atoms with Crippen molar-refractivity contribution >= 4 is 5.97 Å². The predicted molar refractivity (Wildman–Crippen MR) is 226 cm³/mol. The van der Waals surface area contributed by atoms with Crippen molar-refractivity contribution in [3.63, 3.8) is 0 Å². The molecule has 372 valence electrons. The van der Waals surface area contributed by atoms with Crippen LogP contribution in [0.4, 0.5) is 0 Å². The number of fused-ring (bicyclic) bond motifs is 7. The van der Waals surface area contributed by atoms with Gasteiger partial charge in [-0.2, -0.15) is 0 Å². The molecule has 8 aliphatic rings. The zero-order chi connectivity index (χ0) is 47.4. The Bertz CT molecular complexity index is 1760. The fourth-order valence-electron chi connectivity index (χ4n) is 14.9. The van der Waals surface area contributed by atoms with E-state index >= 15 is 0 Å². The van der Waals surface area contributed by atoms with Gasteiger partial charge in [-0.1, -0.05) is 53.2 Å². The molecule has 18 heteroatoms. The first-order valence-corrected chi connectivity index (χ1v) is 23.9. The summed E-state index contributed by atoms with van der Waals surface area (Å²) >= 11 is 0. The second-order valence-electron chi connectivity index (χ2n) is 22.9. The number of ether oxygens (including phenoxy) is 6. The number of rotatable bonds is 10. The van der Waals surface area contributed by atoms with Gasteiger partial charge in [-0.25, -0.2) is 0 Å². The maximum absolute atomic E-state index is 13.1. The van der Waals surface area contributed by atoms with E-state index in [-0.39, 0.29) is 52.6 Å². The number of aliphatic hydroxyl groups excluding tert-OH is 10. The minimum atomic E-state index is -1.90. The van der Waals surface area contributed by atoms with Gasteiger partial charge in [0.1, 0.15) is 67.1 Å². The van der Waals surface area contributed by atoms with Crippen molar-refractivity contribution in [1.29, 1.82) is 0 Å². The fraction of sp³-hybridized carbons (Fsp3) is 0.936. The van der Waals surface area contributed by atoms with Crippen LogP contribution >= 0.6 is 0 Å². The van der Waals surface area contributed by atoms with Crippen molar-refractivity contribution in [3.8, 4) is 0 Å². The molecule has 0 bridgehead atoms. The molecule has 5 aliphatic carbocycles. The molecule has 4 saturated carbocycles. The summed E-state index contributed by atoms with van der Waals surface area (Å²) < 4.78 is 35.3. The normalized spacial score (nSPS) is 54.3. The molecule has 0 aromatic rings. The first-order valence-electron chi connectivity index (χ1n) is 23.9. The summed E-state index contributed by atoms with van der Waals surface area (Å²) in [6.07, 6.45) is -13.5. The van der Waals surface area contributed by atoms with Gasteiger partial charge in [-0.3, -0.25) is 4.79 Å². The second-order valence-corrected chi connectivity index (χ2v) is 22.9. The lowest BCUT2D eigenvalue weighted by Crippen LogP contribution is -2.67. The van der Waals surface area contributed by atoms with Gasteiger partial charge in [0.25, 0.3) is 0 Å². The monoisotopic (exact) mass is 929 g/mol. The summed E-state index contributed by atoms with van der Waals surface area (Å²) in [4.78, 5) is 13.1. The van der Waals surface area contributed by atoms with Gasteiger partial charge in [0.2, 0.25) is 0 Å². The van der Waals surface area contributed by atoms with Crippen molar-refractivity contribution < 1.29 is 89.4 Å². The number of hydrogen-bond acceptors (Lipinski definition) is 17. The molecule has 7 fully saturated rings. The van der Waals surface area contributed by atoms with E-state index in [0.717, 1.165) is 44.9 Å². The minimum absolute atomic E-state index is 0.00665. The number of carboxylic acids is 1. The van der Waals surface area contributed by atoms with Gasteiger partial charge in [-0.05, 0) is 104 Å². The third-order valence-corrected chi connectivity index (χ3v) is 19.1. The zero-order valence-electron chi connectivity index (χ0n) is 38.6. The largest absolute Gasteiger partial charge is 0.481 e. The SMILES string of the molecule is CC1(C)CC[C@]2(C(=O)O)CC[C@]3(C)C(=CC[C@@H]4[C@@]5(C)CC[C@H](O[C@@H]6OC[C@H](O)[C@H](O[C@@H]7O[C@H](CO)[C@@H](O)[C@H](O[C@@H]8O[C@H](CO)[C@@H](O)[C@H](O)[C@H]8O)[C@H]7O)[C@H]6O)[C@@](C)(CO)[C@@H]5CC[C@]43C)[C@@H]2C1. The highest BCUT2D eigenvalue weighted by Gasteiger charge is 2.70. The molecule has 0 amide bonds. The van der Waals surface area contributed by atoms with Crippen LogP contribution in [0.5, 0.6) is 0 Å². The van der Waals surface area contributed by atoms with Crippen molar-refractivity contribution in [2.75, 3.05) is 26.4 Å². The zero-order valence-corrected chi connectivity index (χ0v) is 38.6. The summed E-state index contributed by atoms with van der Waals surface area (Å²) in [6, 6.07) is 0. The maximum Gasteiger partial charge on any atom is 0.310 e. The number of allylic oxidation sites excluding steroid dienone is 2. The van der Waals surface area contributed by atoms with Crippen LogP contribution in [0.3, 0.4) is 0 Å². The van der Waals surface area contributed by atoms with Gasteiger partial charge in [0.15, 0.2) is 18.9 Å². The van der Waals surface area contributed by atoms with E-state index in [1.54, 1.807) is 0 Å². The molecular weight excluding hydrogens is 852 g/mol. The third-order valence-electron chi connectivity index (χ3n) is 19.1. The number of carbonyl (C=O) groups is 1. The first-order chi connectivity index (χ1) is 30.5. The van der Waals surface area contributed by atoms with Gasteiger partial charge < -0.3 is 84.6 Å². The molecule has 3 heterocycles. The molecule has 8 rings (SSSR count). The molecule has 0 aromatic carbocycles. The third kappa shape index (κ3) is 7.80. The second kappa shape index (κ2) is 17.8. The highest BCUT2D eigenvalue weighted by atomic mass is 16.8. The Labute approximate surface area is 380 Å². The summed E-state index contributed by atoms with van der Waals surface area (Å²) in [5.41, 5.74) is -0.628. The minimum Gasteiger partial charge on any atom is -0.481 e. The lowest BCUT2D eigenvalue weighted by Gasteiger charge is -2.71. The summed E-state index contributed by atoms with van der Waals surface area (Å²) in [5.74, 6) is -0.404. The molecule has 0 aromatic heterocycles. The van der Waals surface area contributed by atoms with Crippen molar-refractivity contribution in [2.45, 2.75) is 198 Å². The van der Waals surface area contributed by atoms with E-state index in [1.807, 2.05) is 6.92 Å². The first kappa shape index (κ1) is 50.0. The number of aliphatic carboxylic acids is 1. The van der Waals surface area contributed by atoms with Crippen molar-refractivity contribution in [2.24, 2.45) is 50.2 Å². The Morgan fingerprint density at radius 3 is 1.94 bits per heavy atom. The van der Waals surface area contributed by atoms with E-state index in [1.165, 1.54) is 5.57 Å². The van der Waals surface area contributed by atoms with Crippen LogP contribution in [0.1, 0.15) is 106 Å². The van der Waals surface area contributed by atoms with Crippen LogP contribution in [0.25, 0.3) is 0 Å². The predicted octanol–water partition coefficient (Wildman–Crippen LogP) is 0.318. The highest BCUT2D eigenvalue weighted by Crippen LogP contribution is 2.76. The van der Waals surface area contributed by atoms with Crippen LogP contribution in [-0.2, 0) is 33.2 Å². The van der Waals surface area contributed by atoms with Crippen LogP contribution in [0.2, 0.25) is 0 Å². The summed E-state index contributed by atoms with van der Waals surface area (Å²) in [7, 11) is 0. The van der Waals surface area contributed by atoms with Crippen LogP contribution < -0.4 is 0 Å². The average molecular weight is 929 g/mol. The van der Waals surface area contributed by atoms with E-state index in [4.69, 9.17) is 28.4 Å². The molecule has 3 aliphatic heterocycles. The van der Waals surface area contributed by atoms with Crippen LogP contribution in [0, 0.1) is 50.2 Å². The van der Waals surface area contributed by atoms with Gasteiger partial charge in [0, 0.05) is 5.41 Å². The van der Waals surface area contributed by atoms with Crippen LogP contribution in [-0.4, -0.2) is 181 Å². The lowest BCUT2D eigenvalue weighted by molar-refractivity contribution is -0.379. The maximum atomic E-state index is 13.1. The van der Waals surface area contributed by atoms with E-state index in [2.05, 4.69) is 40.7 Å². The van der Waals surface area contributed by atoms with Gasteiger partial charge >= 0.3 is 5.97 Å². The van der Waals surface area contributed by atoms with Gasteiger partial charge in [0.05, 0.1) is 37.9 Å². The Balaban J connectivity index is 0.983. The molecule has 23 atom stereocenters. The Morgan fingerprint density at radius 2 is 1.29 bits per heavy atom. The van der Waals surface area contributed by atoms with Crippen LogP contribution in [0.15, 0.2) is 11.6 Å².